The number of rotatable bonds is 10. The number of hydrogen-bond acceptors (Lipinski definition) is 3. The Morgan fingerprint density at radius 3 is 2.54 bits per heavy atom. The highest BCUT2D eigenvalue weighted by Gasteiger charge is 2.43. The molecule has 2 unspecified atom stereocenters. The van der Waals surface area contributed by atoms with Crippen LogP contribution >= 0.6 is 0 Å². The average Bonchev–Trinajstić information content (AvgIpc) is 3.30. The van der Waals surface area contributed by atoms with Gasteiger partial charge in [-0.15, -0.1) is 0 Å². The maximum Gasteiger partial charge on any atom is 0.307 e. The number of ether oxygens (including phenoxy) is 2. The Balaban J connectivity index is 1.80. The van der Waals surface area contributed by atoms with Crippen LogP contribution in [0.3, 0.4) is 0 Å². The molecule has 2 fully saturated rings. The Bertz CT molecular complexity index is 701. The zero-order valence-corrected chi connectivity index (χ0v) is 17.4. The van der Waals surface area contributed by atoms with Gasteiger partial charge in [0.1, 0.15) is 0 Å². The molecule has 0 amide bonds. The Morgan fingerprint density at radius 2 is 2.00 bits per heavy atom. The van der Waals surface area contributed by atoms with Crippen LogP contribution in [0.15, 0.2) is 30.4 Å². The van der Waals surface area contributed by atoms with Crippen LogP contribution in [0.5, 0.6) is 11.5 Å². The molecule has 3 rings (SSSR count). The molecule has 0 radical (unpaired) electrons. The van der Waals surface area contributed by atoms with E-state index in [0.29, 0.717) is 29.8 Å². The highest BCUT2D eigenvalue weighted by Crippen LogP contribution is 2.56. The van der Waals surface area contributed by atoms with Crippen LogP contribution in [-0.2, 0) is 4.79 Å². The topological polar surface area (TPSA) is 55.8 Å². The molecule has 2 aliphatic carbocycles. The number of methoxy groups -OCH3 is 2. The van der Waals surface area contributed by atoms with Crippen molar-refractivity contribution in [1.82, 2.24) is 0 Å². The first-order valence-corrected chi connectivity index (χ1v) is 10.6. The lowest BCUT2D eigenvalue weighted by Crippen LogP contribution is -2.22. The van der Waals surface area contributed by atoms with Crippen LogP contribution in [0.1, 0.15) is 69.8 Å². The Kier molecular flexibility index (Phi) is 6.69. The molecule has 0 spiro atoms. The van der Waals surface area contributed by atoms with Gasteiger partial charge in [-0.3, -0.25) is 4.79 Å². The summed E-state index contributed by atoms with van der Waals surface area (Å²) >= 11 is 0. The van der Waals surface area contributed by atoms with Crippen molar-refractivity contribution in [2.45, 2.75) is 64.2 Å². The molecule has 4 nitrogen and oxygen atoms in total. The Labute approximate surface area is 168 Å². The van der Waals surface area contributed by atoms with Crippen molar-refractivity contribution < 1.29 is 19.4 Å². The van der Waals surface area contributed by atoms with Gasteiger partial charge in [0.2, 0.25) is 0 Å². The number of benzene rings is 1. The summed E-state index contributed by atoms with van der Waals surface area (Å²) in [5.41, 5.74) is 1.45. The third-order valence-corrected chi connectivity index (χ3v) is 7.07. The van der Waals surface area contributed by atoms with Gasteiger partial charge in [-0.1, -0.05) is 31.2 Å². The zero-order chi connectivity index (χ0) is 20.1. The maximum atomic E-state index is 11.9. The first kappa shape index (κ1) is 20.8. The van der Waals surface area contributed by atoms with E-state index in [-0.39, 0.29) is 5.92 Å². The van der Waals surface area contributed by atoms with Crippen LogP contribution < -0.4 is 9.47 Å². The molecule has 154 valence electrons. The van der Waals surface area contributed by atoms with Crippen LogP contribution in [0.4, 0.5) is 0 Å². The van der Waals surface area contributed by atoms with Gasteiger partial charge >= 0.3 is 5.97 Å². The number of carboxylic acids is 1. The van der Waals surface area contributed by atoms with Crippen molar-refractivity contribution in [3.05, 3.63) is 35.9 Å². The number of carboxylic acid groups (broad SMARTS) is 1. The van der Waals surface area contributed by atoms with Crippen LogP contribution in [-0.4, -0.2) is 25.3 Å². The molecule has 2 bridgehead atoms. The van der Waals surface area contributed by atoms with Crippen molar-refractivity contribution in [3.63, 3.8) is 0 Å². The average molecular weight is 387 g/mol. The van der Waals surface area contributed by atoms with E-state index in [1.807, 2.05) is 25.1 Å². The minimum atomic E-state index is -0.751. The minimum absolute atomic E-state index is 0.138. The molecule has 2 saturated carbocycles. The summed E-state index contributed by atoms with van der Waals surface area (Å²) in [6, 6.07) is 5.74. The van der Waals surface area contributed by atoms with Gasteiger partial charge < -0.3 is 14.6 Å². The molecule has 2 aliphatic rings. The largest absolute Gasteiger partial charge is 0.493 e. The highest BCUT2D eigenvalue weighted by molar-refractivity contribution is 5.72. The molecule has 1 aromatic rings. The van der Waals surface area contributed by atoms with Gasteiger partial charge in [-0.2, -0.15) is 0 Å². The van der Waals surface area contributed by atoms with Gasteiger partial charge in [-0.05, 0) is 68.8 Å². The lowest BCUT2D eigenvalue weighted by Gasteiger charge is -2.26. The van der Waals surface area contributed by atoms with E-state index in [9.17, 15) is 9.90 Å². The summed E-state index contributed by atoms with van der Waals surface area (Å²) in [5.74, 6) is 0.914. The molecule has 4 heteroatoms. The molecule has 1 N–H and O–H groups in total. The van der Waals surface area contributed by atoms with Crippen molar-refractivity contribution in [1.29, 1.82) is 0 Å². The van der Waals surface area contributed by atoms with Crippen molar-refractivity contribution in [3.8, 4) is 11.5 Å². The summed E-state index contributed by atoms with van der Waals surface area (Å²) in [5, 5.41) is 9.81. The van der Waals surface area contributed by atoms with Gasteiger partial charge in [0.15, 0.2) is 11.5 Å². The first-order valence-electron chi connectivity index (χ1n) is 10.6. The smallest absolute Gasteiger partial charge is 0.307 e. The second kappa shape index (κ2) is 9.02. The molecule has 0 heterocycles. The Morgan fingerprint density at radius 1 is 1.25 bits per heavy atom. The van der Waals surface area contributed by atoms with Crippen molar-refractivity contribution in [2.75, 3.05) is 14.2 Å². The summed E-state index contributed by atoms with van der Waals surface area (Å²) in [6.07, 6.45) is 13.8. The number of carbonyl (C=O) groups is 1. The minimum Gasteiger partial charge on any atom is -0.493 e. The van der Waals surface area contributed by atoms with E-state index in [2.05, 4.69) is 12.2 Å². The predicted molar refractivity (Wildman–Crippen MR) is 111 cm³/mol. The fourth-order valence-corrected chi connectivity index (χ4v) is 5.52. The number of aliphatic carboxylic acids is 1. The van der Waals surface area contributed by atoms with Crippen LogP contribution in [0.25, 0.3) is 0 Å². The van der Waals surface area contributed by atoms with E-state index >= 15 is 0 Å². The number of hydrogen-bond donors (Lipinski definition) is 1. The summed E-state index contributed by atoms with van der Waals surface area (Å²) in [4.78, 5) is 11.9. The molecule has 1 aromatic carbocycles. The second-order valence-electron chi connectivity index (χ2n) is 8.60. The molecular formula is C24H34O4. The molecule has 0 aliphatic heterocycles. The maximum absolute atomic E-state index is 11.9. The monoisotopic (exact) mass is 386 g/mol. The predicted octanol–water partition coefficient (Wildman–Crippen LogP) is 5.81. The fraction of sp³-hybridized carbons (Fsp3) is 0.625. The number of allylic oxidation sites excluding steroid dienone is 2. The lowest BCUT2D eigenvalue weighted by atomic mass is 9.79. The van der Waals surface area contributed by atoms with E-state index in [0.717, 1.165) is 17.9 Å². The van der Waals surface area contributed by atoms with E-state index in [1.165, 1.54) is 32.1 Å². The Hall–Kier alpha value is -1.97. The number of fused-ring (bicyclic) bond motifs is 2. The SMILES string of the molecule is CCC(C(=O)O)C(CC=CCC12CCC(CC1)C2)c1cccc(OC)c1OC. The van der Waals surface area contributed by atoms with Gasteiger partial charge in [0.25, 0.3) is 0 Å². The summed E-state index contributed by atoms with van der Waals surface area (Å²) in [6.45, 7) is 1.94. The summed E-state index contributed by atoms with van der Waals surface area (Å²) in [7, 11) is 3.23. The van der Waals surface area contributed by atoms with Gasteiger partial charge in [0, 0.05) is 11.5 Å². The van der Waals surface area contributed by atoms with Crippen LogP contribution in [0, 0.1) is 17.3 Å². The standard InChI is InChI=1S/C24H34O4/c1-4-18(23(25)26)19(20-9-7-10-21(27-2)22(20)28-3)8-5-6-13-24-14-11-17(16-24)12-15-24/h5-7,9-10,17-19H,4,8,11-16H2,1-3H3,(H,25,26). The molecule has 28 heavy (non-hydrogen) atoms. The normalized spacial score (nSPS) is 25.8. The van der Waals surface area contributed by atoms with Crippen molar-refractivity contribution in [2.24, 2.45) is 17.3 Å². The third-order valence-electron chi connectivity index (χ3n) is 7.07. The molecule has 2 atom stereocenters. The lowest BCUT2D eigenvalue weighted by molar-refractivity contribution is -0.142. The van der Waals surface area contributed by atoms with Crippen molar-refractivity contribution >= 4 is 5.97 Å². The second-order valence-corrected chi connectivity index (χ2v) is 8.60. The molecular weight excluding hydrogens is 352 g/mol. The molecule has 0 aromatic heterocycles. The quantitative estimate of drug-likeness (QED) is 0.515. The van der Waals surface area contributed by atoms with Gasteiger partial charge in [0.05, 0.1) is 20.1 Å². The third kappa shape index (κ3) is 4.21. The molecule has 0 saturated heterocycles. The van der Waals surface area contributed by atoms with Gasteiger partial charge in [-0.25, -0.2) is 0 Å². The zero-order valence-electron chi connectivity index (χ0n) is 17.4. The van der Waals surface area contributed by atoms with Crippen LogP contribution in [0.2, 0.25) is 0 Å². The van der Waals surface area contributed by atoms with E-state index in [4.69, 9.17) is 9.47 Å². The fourth-order valence-electron chi connectivity index (χ4n) is 5.52. The van der Waals surface area contributed by atoms with E-state index in [1.54, 1.807) is 14.2 Å². The van der Waals surface area contributed by atoms with E-state index < -0.39 is 11.9 Å². The number of para-hydroxylation sites is 1. The highest BCUT2D eigenvalue weighted by atomic mass is 16.5. The first-order chi connectivity index (χ1) is 13.5. The summed E-state index contributed by atoms with van der Waals surface area (Å²) < 4.78 is 11.0.